The molecule has 1 unspecified atom stereocenters. The fraction of sp³-hybridized carbons (Fsp3) is 0.500. The Bertz CT molecular complexity index is 436. The number of likely N-dealkylation sites (tertiary alicyclic amines) is 1. The number of urea groups is 1. The van der Waals surface area contributed by atoms with Gasteiger partial charge in [-0.15, -0.1) is 0 Å². The van der Waals surface area contributed by atoms with Crippen LogP contribution in [0.5, 0.6) is 5.75 Å². The van der Waals surface area contributed by atoms with E-state index in [0.29, 0.717) is 23.9 Å². The summed E-state index contributed by atoms with van der Waals surface area (Å²) in [7, 11) is 1.59. The van der Waals surface area contributed by atoms with Crippen molar-refractivity contribution in [2.45, 2.75) is 12.8 Å². The van der Waals surface area contributed by atoms with Gasteiger partial charge in [0, 0.05) is 13.1 Å². The number of nitrogens with zero attached hydrogens (tertiary/aromatic N) is 1. The van der Waals surface area contributed by atoms with Crippen molar-refractivity contribution in [2.75, 3.05) is 32.1 Å². The third-order valence-corrected chi connectivity index (χ3v) is 3.49. The molecule has 5 heteroatoms. The number of hydrogen-bond acceptors (Lipinski definition) is 3. The molecular formula is C14H21N3O2. The minimum absolute atomic E-state index is 0.0809. The highest BCUT2D eigenvalue weighted by atomic mass is 16.5. The lowest BCUT2D eigenvalue weighted by Gasteiger charge is -2.32. The van der Waals surface area contributed by atoms with Crippen LogP contribution in [0.25, 0.3) is 0 Å². The van der Waals surface area contributed by atoms with E-state index in [4.69, 9.17) is 10.5 Å². The molecule has 104 valence electrons. The number of rotatable bonds is 3. The number of methoxy groups -OCH3 is 1. The molecule has 0 bridgehead atoms. The van der Waals surface area contributed by atoms with Crippen LogP contribution in [-0.2, 0) is 0 Å². The lowest BCUT2D eigenvalue weighted by molar-refractivity contribution is 0.179. The largest absolute Gasteiger partial charge is 0.495 e. The molecule has 5 nitrogen and oxygen atoms in total. The lowest BCUT2D eigenvalue weighted by Crippen LogP contribution is -2.44. The maximum absolute atomic E-state index is 12.2. The molecule has 1 aromatic carbocycles. The standard InChI is InChI=1S/C14H21N3O2/c1-19-13-7-3-2-6-12(13)16-14(18)17-8-4-5-11(9-15)10-17/h2-3,6-7,11H,4-5,8-10,15H2,1H3,(H,16,18). The number of carbonyl (C=O) groups is 1. The molecule has 1 atom stereocenters. The van der Waals surface area contributed by atoms with E-state index in [1.807, 2.05) is 29.2 Å². The summed E-state index contributed by atoms with van der Waals surface area (Å²) in [6, 6.07) is 7.33. The SMILES string of the molecule is COc1ccccc1NC(=O)N1CCCC(CN)C1. The predicted molar refractivity (Wildman–Crippen MR) is 75.4 cm³/mol. The van der Waals surface area contributed by atoms with Crippen LogP contribution >= 0.6 is 0 Å². The summed E-state index contributed by atoms with van der Waals surface area (Å²) >= 11 is 0. The summed E-state index contributed by atoms with van der Waals surface area (Å²) in [4.78, 5) is 14.0. The van der Waals surface area contributed by atoms with Crippen LogP contribution in [0.15, 0.2) is 24.3 Å². The minimum Gasteiger partial charge on any atom is -0.495 e. The highest BCUT2D eigenvalue weighted by molar-refractivity contribution is 5.91. The molecule has 0 aliphatic carbocycles. The molecule has 3 N–H and O–H groups in total. The Hall–Kier alpha value is -1.75. The number of nitrogens with two attached hydrogens (primary N) is 1. The normalized spacial score (nSPS) is 19.1. The van der Waals surface area contributed by atoms with Crippen LogP contribution in [0.2, 0.25) is 0 Å². The number of ether oxygens (including phenoxy) is 1. The maximum atomic E-state index is 12.2. The minimum atomic E-state index is -0.0809. The van der Waals surface area contributed by atoms with Crippen molar-refractivity contribution in [2.24, 2.45) is 11.7 Å². The predicted octanol–water partition coefficient (Wildman–Crippen LogP) is 1.90. The molecule has 2 rings (SSSR count). The molecule has 0 spiro atoms. The van der Waals surface area contributed by atoms with E-state index >= 15 is 0 Å². The molecule has 1 aromatic rings. The molecular weight excluding hydrogens is 242 g/mol. The van der Waals surface area contributed by atoms with Gasteiger partial charge in [-0.2, -0.15) is 0 Å². The number of para-hydroxylation sites is 2. The fourth-order valence-corrected chi connectivity index (χ4v) is 2.38. The van der Waals surface area contributed by atoms with Gasteiger partial charge in [0.1, 0.15) is 5.75 Å². The summed E-state index contributed by atoms with van der Waals surface area (Å²) in [6.45, 7) is 2.16. The van der Waals surface area contributed by atoms with Crippen LogP contribution in [0.3, 0.4) is 0 Å². The summed E-state index contributed by atoms with van der Waals surface area (Å²) in [5, 5.41) is 2.90. The highest BCUT2D eigenvalue weighted by Gasteiger charge is 2.23. The van der Waals surface area contributed by atoms with E-state index in [1.165, 1.54) is 0 Å². The molecule has 1 aliphatic heterocycles. The van der Waals surface area contributed by atoms with Gasteiger partial charge in [0.25, 0.3) is 0 Å². The zero-order valence-corrected chi connectivity index (χ0v) is 11.3. The van der Waals surface area contributed by atoms with Crippen molar-refractivity contribution >= 4 is 11.7 Å². The molecule has 1 aliphatic rings. The highest BCUT2D eigenvalue weighted by Crippen LogP contribution is 2.24. The van der Waals surface area contributed by atoms with Crippen molar-refractivity contribution in [1.29, 1.82) is 0 Å². The second-order valence-electron chi connectivity index (χ2n) is 4.82. The van der Waals surface area contributed by atoms with Gasteiger partial charge in [0.15, 0.2) is 0 Å². The van der Waals surface area contributed by atoms with Crippen molar-refractivity contribution in [3.05, 3.63) is 24.3 Å². The Balaban J connectivity index is 2.00. The molecule has 0 aromatic heterocycles. The van der Waals surface area contributed by atoms with Crippen LogP contribution in [0, 0.1) is 5.92 Å². The van der Waals surface area contributed by atoms with Crippen molar-refractivity contribution in [1.82, 2.24) is 4.90 Å². The Labute approximate surface area is 113 Å². The maximum Gasteiger partial charge on any atom is 0.321 e. The van der Waals surface area contributed by atoms with Gasteiger partial charge in [-0.05, 0) is 37.4 Å². The Morgan fingerprint density at radius 1 is 1.53 bits per heavy atom. The lowest BCUT2D eigenvalue weighted by atomic mass is 9.99. The van der Waals surface area contributed by atoms with Gasteiger partial charge in [-0.1, -0.05) is 12.1 Å². The molecule has 19 heavy (non-hydrogen) atoms. The van der Waals surface area contributed by atoms with E-state index < -0.39 is 0 Å². The number of benzene rings is 1. The zero-order valence-electron chi connectivity index (χ0n) is 11.3. The van der Waals surface area contributed by atoms with Gasteiger partial charge in [0.2, 0.25) is 0 Å². The second kappa shape index (κ2) is 6.43. The number of piperidine rings is 1. The molecule has 2 amide bonds. The fourth-order valence-electron chi connectivity index (χ4n) is 2.38. The zero-order chi connectivity index (χ0) is 13.7. The molecule has 1 saturated heterocycles. The van der Waals surface area contributed by atoms with Gasteiger partial charge in [-0.3, -0.25) is 0 Å². The monoisotopic (exact) mass is 263 g/mol. The first-order valence-corrected chi connectivity index (χ1v) is 6.63. The first kappa shape index (κ1) is 13.7. The topological polar surface area (TPSA) is 67.6 Å². The summed E-state index contributed by atoms with van der Waals surface area (Å²) in [6.07, 6.45) is 2.12. The van der Waals surface area contributed by atoms with Crippen LogP contribution in [0.1, 0.15) is 12.8 Å². The van der Waals surface area contributed by atoms with E-state index in [-0.39, 0.29) is 6.03 Å². The smallest absolute Gasteiger partial charge is 0.321 e. The van der Waals surface area contributed by atoms with Gasteiger partial charge in [-0.25, -0.2) is 4.79 Å². The van der Waals surface area contributed by atoms with Crippen molar-refractivity contribution < 1.29 is 9.53 Å². The van der Waals surface area contributed by atoms with Crippen LogP contribution < -0.4 is 15.8 Å². The third-order valence-electron chi connectivity index (χ3n) is 3.49. The van der Waals surface area contributed by atoms with Crippen molar-refractivity contribution in [3.8, 4) is 5.75 Å². The number of carbonyl (C=O) groups excluding carboxylic acids is 1. The number of nitrogens with one attached hydrogen (secondary N) is 1. The van der Waals surface area contributed by atoms with E-state index in [0.717, 1.165) is 25.9 Å². The van der Waals surface area contributed by atoms with E-state index in [2.05, 4.69) is 5.32 Å². The Morgan fingerprint density at radius 2 is 2.32 bits per heavy atom. The molecule has 0 radical (unpaired) electrons. The molecule has 0 saturated carbocycles. The van der Waals surface area contributed by atoms with Gasteiger partial charge < -0.3 is 20.7 Å². The van der Waals surface area contributed by atoms with Crippen molar-refractivity contribution in [3.63, 3.8) is 0 Å². The second-order valence-corrected chi connectivity index (χ2v) is 4.82. The van der Waals surface area contributed by atoms with E-state index in [9.17, 15) is 4.79 Å². The van der Waals surface area contributed by atoms with Gasteiger partial charge >= 0.3 is 6.03 Å². The number of anilines is 1. The molecule has 1 fully saturated rings. The summed E-state index contributed by atoms with van der Waals surface area (Å²) in [5.74, 6) is 1.08. The van der Waals surface area contributed by atoms with E-state index in [1.54, 1.807) is 7.11 Å². The first-order chi connectivity index (χ1) is 9.24. The third kappa shape index (κ3) is 3.38. The summed E-state index contributed by atoms with van der Waals surface area (Å²) < 4.78 is 5.22. The van der Waals surface area contributed by atoms with Gasteiger partial charge in [0.05, 0.1) is 12.8 Å². The quantitative estimate of drug-likeness (QED) is 0.875. The Morgan fingerprint density at radius 3 is 3.05 bits per heavy atom. The number of hydrogen-bond donors (Lipinski definition) is 2. The average Bonchev–Trinajstić information content (AvgIpc) is 2.47. The number of amides is 2. The first-order valence-electron chi connectivity index (χ1n) is 6.63. The summed E-state index contributed by atoms with van der Waals surface area (Å²) in [5.41, 5.74) is 6.38. The van der Waals surface area contributed by atoms with Crippen LogP contribution in [-0.4, -0.2) is 37.7 Å². The average molecular weight is 263 g/mol. The van der Waals surface area contributed by atoms with Crippen LogP contribution in [0.4, 0.5) is 10.5 Å². The molecule has 1 heterocycles. The Kier molecular flexibility index (Phi) is 4.63.